The van der Waals surface area contributed by atoms with Crippen molar-refractivity contribution in [3.63, 3.8) is 0 Å². The van der Waals surface area contributed by atoms with Crippen molar-refractivity contribution >= 4 is 5.84 Å². The monoisotopic (exact) mass is 283 g/mol. The lowest BCUT2D eigenvalue weighted by molar-refractivity contribution is 0.0309. The molecule has 2 N–H and O–H groups in total. The summed E-state index contributed by atoms with van der Waals surface area (Å²) >= 11 is 0. The van der Waals surface area contributed by atoms with Gasteiger partial charge in [-0.05, 0) is 12.5 Å². The molecule has 0 spiro atoms. The summed E-state index contributed by atoms with van der Waals surface area (Å²) in [6.45, 7) is 2.23. The molecule has 0 bridgehead atoms. The van der Waals surface area contributed by atoms with Gasteiger partial charge < -0.3 is 10.1 Å². The van der Waals surface area contributed by atoms with E-state index in [9.17, 15) is 8.78 Å². The molecule has 2 atom stereocenters. The zero-order valence-electron chi connectivity index (χ0n) is 11.6. The molecule has 0 saturated heterocycles. The van der Waals surface area contributed by atoms with Crippen molar-refractivity contribution in [2.75, 3.05) is 7.05 Å². The minimum Gasteiger partial charge on any atom is -0.375 e. The highest BCUT2D eigenvalue weighted by atomic mass is 19.3. The number of benzene rings is 1. The van der Waals surface area contributed by atoms with Crippen molar-refractivity contribution in [1.82, 2.24) is 10.7 Å². The topological polar surface area (TPSA) is 45.7 Å². The normalized spacial score (nSPS) is 22.2. The molecule has 1 aliphatic carbocycles. The number of nitrogens with zero attached hydrogens (tertiary/aromatic N) is 1. The number of hydrazone groups is 1. The highest BCUT2D eigenvalue weighted by Gasteiger charge is 2.59. The number of nitrogens with one attached hydrogen (secondary N) is 2. The van der Waals surface area contributed by atoms with Crippen LogP contribution >= 0.6 is 0 Å². The van der Waals surface area contributed by atoms with Crippen LogP contribution in [0.4, 0.5) is 8.78 Å². The summed E-state index contributed by atoms with van der Waals surface area (Å²) in [5.74, 6) is -3.16. The molecule has 0 heterocycles. The van der Waals surface area contributed by atoms with E-state index in [1.165, 1.54) is 0 Å². The third-order valence-electron chi connectivity index (χ3n) is 3.12. The fraction of sp³-hybridized carbons (Fsp3) is 0.500. The first-order chi connectivity index (χ1) is 9.53. The maximum atomic E-state index is 12.9. The van der Waals surface area contributed by atoms with Crippen LogP contribution in [-0.2, 0) is 11.3 Å². The van der Waals surface area contributed by atoms with Crippen LogP contribution in [-0.4, -0.2) is 25.0 Å². The number of hydrogen-bond donors (Lipinski definition) is 2. The van der Waals surface area contributed by atoms with Gasteiger partial charge in [0.1, 0.15) is 12.1 Å². The van der Waals surface area contributed by atoms with E-state index < -0.39 is 11.8 Å². The first-order valence-electron chi connectivity index (χ1n) is 6.57. The van der Waals surface area contributed by atoms with Gasteiger partial charge in [-0.3, -0.25) is 5.43 Å². The summed E-state index contributed by atoms with van der Waals surface area (Å²) < 4.78 is 31.4. The van der Waals surface area contributed by atoms with E-state index in [2.05, 4.69) is 15.8 Å². The van der Waals surface area contributed by atoms with Gasteiger partial charge in [0, 0.05) is 13.5 Å². The molecule has 1 aromatic carbocycles. The van der Waals surface area contributed by atoms with Gasteiger partial charge in [0.15, 0.2) is 0 Å². The van der Waals surface area contributed by atoms with Crippen molar-refractivity contribution in [1.29, 1.82) is 0 Å². The molecule has 6 heteroatoms. The van der Waals surface area contributed by atoms with Crippen LogP contribution in [0.1, 0.15) is 18.9 Å². The van der Waals surface area contributed by atoms with Gasteiger partial charge in [0.05, 0.1) is 12.5 Å². The first-order valence-corrected chi connectivity index (χ1v) is 6.57. The quantitative estimate of drug-likeness (QED) is 0.364. The smallest absolute Gasteiger partial charge is 0.259 e. The first kappa shape index (κ1) is 14.7. The molecule has 1 saturated carbocycles. The zero-order valence-corrected chi connectivity index (χ0v) is 11.6. The third-order valence-corrected chi connectivity index (χ3v) is 3.12. The van der Waals surface area contributed by atoms with Crippen LogP contribution in [0.15, 0.2) is 35.4 Å². The van der Waals surface area contributed by atoms with Gasteiger partial charge in [-0.2, -0.15) is 5.10 Å². The Hall–Kier alpha value is -1.69. The average molecular weight is 283 g/mol. The average Bonchev–Trinajstić information content (AvgIpc) is 3.07. The van der Waals surface area contributed by atoms with Crippen molar-refractivity contribution in [2.24, 2.45) is 11.0 Å². The Morgan fingerprint density at radius 3 is 2.65 bits per heavy atom. The van der Waals surface area contributed by atoms with Crippen LogP contribution in [0.25, 0.3) is 0 Å². The Morgan fingerprint density at radius 2 is 2.10 bits per heavy atom. The number of hydrogen-bond acceptors (Lipinski definition) is 3. The van der Waals surface area contributed by atoms with Gasteiger partial charge in [-0.15, -0.1) is 0 Å². The maximum Gasteiger partial charge on any atom is 0.259 e. The lowest BCUT2D eigenvalue weighted by atomic mass is 10.2. The molecule has 110 valence electrons. The lowest BCUT2D eigenvalue weighted by Crippen LogP contribution is -2.31. The van der Waals surface area contributed by atoms with Crippen LogP contribution in [0.3, 0.4) is 0 Å². The van der Waals surface area contributed by atoms with Crippen LogP contribution in [0.2, 0.25) is 0 Å². The predicted molar refractivity (Wildman–Crippen MR) is 73.4 cm³/mol. The highest BCUT2D eigenvalue weighted by molar-refractivity contribution is 5.87. The van der Waals surface area contributed by atoms with E-state index >= 15 is 0 Å². The lowest BCUT2D eigenvalue weighted by Gasteiger charge is -2.14. The minimum atomic E-state index is -2.63. The molecule has 0 amide bonds. The van der Waals surface area contributed by atoms with Gasteiger partial charge in [0.25, 0.3) is 5.92 Å². The third kappa shape index (κ3) is 3.90. The number of ether oxygens (including phenoxy) is 1. The number of rotatable bonds is 6. The van der Waals surface area contributed by atoms with Crippen molar-refractivity contribution in [2.45, 2.75) is 32.1 Å². The molecule has 4 nitrogen and oxygen atoms in total. The maximum absolute atomic E-state index is 12.9. The molecular weight excluding hydrogens is 264 g/mol. The summed E-state index contributed by atoms with van der Waals surface area (Å²) in [7, 11) is 1.59. The number of alkyl halides is 2. The molecule has 2 unspecified atom stereocenters. The predicted octanol–water partition coefficient (Wildman–Crippen LogP) is 2.33. The van der Waals surface area contributed by atoms with Crippen molar-refractivity contribution < 1.29 is 13.5 Å². The highest BCUT2D eigenvalue weighted by Crippen LogP contribution is 2.48. The van der Waals surface area contributed by atoms with Crippen LogP contribution < -0.4 is 10.7 Å². The molecular formula is C14H19F2N3O. The van der Waals surface area contributed by atoms with E-state index in [0.717, 1.165) is 5.56 Å². The Morgan fingerprint density at radius 1 is 1.45 bits per heavy atom. The van der Waals surface area contributed by atoms with Gasteiger partial charge in [-0.25, -0.2) is 8.78 Å². The molecule has 0 aromatic heterocycles. The van der Waals surface area contributed by atoms with E-state index in [4.69, 9.17) is 4.74 Å². The van der Waals surface area contributed by atoms with Crippen LogP contribution in [0.5, 0.6) is 0 Å². The molecule has 1 aliphatic rings. The second-order valence-electron chi connectivity index (χ2n) is 4.83. The minimum absolute atomic E-state index is 0.145. The zero-order chi connectivity index (χ0) is 14.6. The molecule has 0 radical (unpaired) electrons. The summed E-state index contributed by atoms with van der Waals surface area (Å²) in [6.07, 6.45) is -0.501. The van der Waals surface area contributed by atoms with Gasteiger partial charge >= 0.3 is 0 Å². The van der Waals surface area contributed by atoms with Gasteiger partial charge in [-0.1, -0.05) is 30.3 Å². The second-order valence-corrected chi connectivity index (χ2v) is 4.83. The molecule has 0 aliphatic heterocycles. The Balaban J connectivity index is 1.78. The fourth-order valence-electron chi connectivity index (χ4n) is 1.81. The molecule has 1 aromatic rings. The number of halogens is 2. The standard InChI is InChI=1S/C14H19F2N3O/c1-10(20-9-11-6-4-3-5-7-11)18-19-13(17-2)12-8-14(12,15)16/h3-7,10,12,18H,8-9H2,1-2H3,(H,17,19). The Bertz CT molecular complexity index is 465. The van der Waals surface area contributed by atoms with E-state index in [1.54, 1.807) is 14.0 Å². The molecule has 2 rings (SSSR count). The SMILES string of the molecule is CN/C(=N\NC(C)OCc1ccccc1)C1CC1(F)F. The number of amidine groups is 1. The fourth-order valence-corrected chi connectivity index (χ4v) is 1.81. The van der Waals surface area contributed by atoms with Crippen LogP contribution in [0, 0.1) is 5.92 Å². The summed E-state index contributed by atoms with van der Waals surface area (Å²) in [5, 5.41) is 6.66. The largest absolute Gasteiger partial charge is 0.375 e. The van der Waals surface area contributed by atoms with E-state index in [0.29, 0.717) is 6.61 Å². The van der Waals surface area contributed by atoms with Gasteiger partial charge in [0.2, 0.25) is 0 Å². The summed E-state index contributed by atoms with van der Waals surface area (Å²) in [6, 6.07) is 9.72. The van der Waals surface area contributed by atoms with Crippen molar-refractivity contribution in [3.8, 4) is 0 Å². The molecule has 1 fully saturated rings. The summed E-state index contributed by atoms with van der Waals surface area (Å²) in [5.41, 5.74) is 3.78. The van der Waals surface area contributed by atoms with E-state index in [1.807, 2.05) is 30.3 Å². The summed E-state index contributed by atoms with van der Waals surface area (Å²) in [4.78, 5) is 0. The second kappa shape index (κ2) is 6.17. The molecule has 20 heavy (non-hydrogen) atoms. The Kier molecular flexibility index (Phi) is 4.54. The van der Waals surface area contributed by atoms with E-state index in [-0.39, 0.29) is 18.5 Å². The van der Waals surface area contributed by atoms with Crippen molar-refractivity contribution in [3.05, 3.63) is 35.9 Å². The Labute approximate surface area is 117 Å².